The van der Waals surface area contributed by atoms with Crippen LogP contribution in [0.2, 0.25) is 0 Å². The van der Waals surface area contributed by atoms with Crippen molar-refractivity contribution >= 4 is 32.7 Å². The van der Waals surface area contributed by atoms with Crippen LogP contribution in [-0.4, -0.2) is 30.8 Å². The Morgan fingerprint density at radius 1 is 1.06 bits per heavy atom. The van der Waals surface area contributed by atoms with Gasteiger partial charge in [0.15, 0.2) is 0 Å². The third kappa shape index (κ3) is 4.93. The first-order valence-electron chi connectivity index (χ1n) is 10.00. The molecule has 3 N–H and O–H groups in total. The molecule has 11 heteroatoms. The number of carbonyl (C=O) groups excluding carboxylic acids is 1. The van der Waals surface area contributed by atoms with Crippen molar-refractivity contribution in [3.8, 4) is 17.5 Å². The minimum Gasteiger partial charge on any atom is -0.338 e. The summed E-state index contributed by atoms with van der Waals surface area (Å²) in [6.07, 6.45) is 0.0407. The summed E-state index contributed by atoms with van der Waals surface area (Å²) in [5.41, 5.74) is 1.63. The van der Waals surface area contributed by atoms with Gasteiger partial charge >= 0.3 is 0 Å². The predicted molar refractivity (Wildman–Crippen MR) is 121 cm³/mol. The van der Waals surface area contributed by atoms with Gasteiger partial charge in [0.1, 0.15) is 17.5 Å². The molecule has 8 nitrogen and oxygen atoms in total. The second-order valence-corrected chi connectivity index (χ2v) is 8.99. The van der Waals surface area contributed by atoms with E-state index in [-0.39, 0.29) is 34.8 Å². The number of halogens is 2. The van der Waals surface area contributed by atoms with E-state index in [2.05, 4.69) is 20.0 Å². The first kappa shape index (κ1) is 23.0. The van der Waals surface area contributed by atoms with Crippen LogP contribution in [0.1, 0.15) is 16.8 Å². The fourth-order valence-corrected chi connectivity index (χ4v) is 4.24. The summed E-state index contributed by atoms with van der Waals surface area (Å²) in [6, 6.07) is 15.1. The zero-order valence-corrected chi connectivity index (χ0v) is 18.3. The fourth-order valence-electron chi connectivity index (χ4n) is 3.21. The van der Waals surface area contributed by atoms with Gasteiger partial charge in [0.05, 0.1) is 27.6 Å². The van der Waals surface area contributed by atoms with E-state index in [0.29, 0.717) is 16.7 Å². The van der Waals surface area contributed by atoms with Gasteiger partial charge in [-0.05, 0) is 60.7 Å². The van der Waals surface area contributed by atoms with E-state index >= 15 is 0 Å². The molecule has 0 aliphatic heterocycles. The number of hydrogen-bond acceptors (Lipinski definition) is 5. The lowest BCUT2D eigenvalue weighted by Crippen LogP contribution is -2.24. The van der Waals surface area contributed by atoms with Crippen LogP contribution in [0.4, 0.5) is 14.5 Å². The number of anilines is 1. The van der Waals surface area contributed by atoms with E-state index in [4.69, 9.17) is 5.26 Å². The topological polar surface area (TPSA) is 128 Å². The first-order valence-corrected chi connectivity index (χ1v) is 11.5. The number of rotatable bonds is 7. The number of fused-ring (bicyclic) bond motifs is 1. The van der Waals surface area contributed by atoms with E-state index in [1.165, 1.54) is 24.3 Å². The number of nitriles is 1. The van der Waals surface area contributed by atoms with Crippen molar-refractivity contribution in [3.63, 3.8) is 0 Å². The highest BCUT2D eigenvalue weighted by Gasteiger charge is 2.15. The summed E-state index contributed by atoms with van der Waals surface area (Å²) in [5, 5.41) is 11.2. The monoisotopic (exact) mass is 481 g/mol. The van der Waals surface area contributed by atoms with Gasteiger partial charge < -0.3 is 10.3 Å². The molecular weight excluding hydrogens is 464 g/mol. The zero-order valence-electron chi connectivity index (χ0n) is 17.5. The molecule has 0 saturated carbocycles. The Bertz CT molecular complexity index is 1530. The van der Waals surface area contributed by atoms with Crippen LogP contribution in [0.15, 0.2) is 65.6 Å². The molecule has 0 aliphatic rings. The van der Waals surface area contributed by atoms with Crippen LogP contribution in [0.25, 0.3) is 22.4 Å². The summed E-state index contributed by atoms with van der Waals surface area (Å²) in [6.45, 7) is -0.00921. The van der Waals surface area contributed by atoms with Gasteiger partial charge in [-0.25, -0.2) is 26.9 Å². The summed E-state index contributed by atoms with van der Waals surface area (Å²) in [5.74, 6) is -1.55. The third-order valence-electron chi connectivity index (χ3n) is 4.88. The molecule has 0 unspecified atom stereocenters. The average Bonchev–Trinajstić information content (AvgIpc) is 3.24. The molecule has 0 bridgehead atoms. The molecule has 0 atom stereocenters. The van der Waals surface area contributed by atoms with E-state index in [9.17, 15) is 22.0 Å². The number of nitrogens with one attached hydrogen (secondary N) is 3. The van der Waals surface area contributed by atoms with Crippen molar-refractivity contribution in [3.05, 3.63) is 77.9 Å². The molecule has 3 aromatic carbocycles. The molecule has 0 radical (unpaired) electrons. The van der Waals surface area contributed by atoms with Crippen LogP contribution >= 0.6 is 0 Å². The third-order valence-corrected chi connectivity index (χ3v) is 6.36. The second-order valence-electron chi connectivity index (χ2n) is 7.23. The van der Waals surface area contributed by atoms with Crippen molar-refractivity contribution in [1.82, 2.24) is 14.7 Å². The summed E-state index contributed by atoms with van der Waals surface area (Å²) >= 11 is 0. The van der Waals surface area contributed by atoms with Crippen molar-refractivity contribution in [2.24, 2.45) is 0 Å². The first-order chi connectivity index (χ1) is 16.3. The van der Waals surface area contributed by atoms with E-state index in [0.717, 1.165) is 18.2 Å². The van der Waals surface area contributed by atoms with Crippen molar-refractivity contribution in [1.29, 1.82) is 5.26 Å². The molecule has 1 amide bonds. The standard InChI is InChI=1S/C23H17F2N5O3S/c24-15-4-8-19(25)18(12-15)22-29-20-9-5-16(13-21(20)30-22)28-23(31)14-2-6-17(7-3-14)34(32,33)27-11-1-10-26/h2-9,12-13,27H,1,11H2,(H,28,31)(H,29,30). The Hall–Kier alpha value is -4.14. The SMILES string of the molecule is N#CCCNS(=O)(=O)c1ccc(C(=O)Nc2ccc3nc(-c4cc(F)ccc4F)[nH]c3c2)cc1. The predicted octanol–water partition coefficient (Wildman–Crippen LogP) is 3.95. The quantitative estimate of drug-likeness (QED) is 0.345. The molecule has 0 saturated heterocycles. The molecule has 172 valence electrons. The number of sulfonamides is 1. The Kier molecular flexibility index (Phi) is 6.36. The number of imidazole rings is 1. The summed E-state index contributed by atoms with van der Waals surface area (Å²) in [4.78, 5) is 19.8. The molecule has 4 rings (SSSR count). The van der Waals surface area contributed by atoms with Crippen molar-refractivity contribution in [2.45, 2.75) is 11.3 Å². The lowest BCUT2D eigenvalue weighted by atomic mass is 10.2. The maximum atomic E-state index is 14.1. The van der Waals surface area contributed by atoms with Crippen molar-refractivity contribution in [2.75, 3.05) is 11.9 Å². The molecule has 34 heavy (non-hydrogen) atoms. The van der Waals surface area contributed by atoms with Gasteiger partial charge in [0, 0.05) is 24.2 Å². The van der Waals surface area contributed by atoms with Crippen LogP contribution in [0, 0.1) is 23.0 Å². The number of aromatic nitrogens is 2. The Morgan fingerprint density at radius 2 is 1.82 bits per heavy atom. The fraction of sp³-hybridized carbons (Fsp3) is 0.0870. The molecule has 0 fully saturated rings. The maximum absolute atomic E-state index is 14.1. The lowest BCUT2D eigenvalue weighted by molar-refractivity contribution is 0.102. The second kappa shape index (κ2) is 9.38. The maximum Gasteiger partial charge on any atom is 0.255 e. The normalized spacial score (nSPS) is 11.3. The van der Waals surface area contributed by atoms with Crippen LogP contribution in [-0.2, 0) is 10.0 Å². The molecular formula is C23H17F2N5O3S. The number of H-pyrrole nitrogens is 1. The molecule has 1 aromatic heterocycles. The van der Waals surface area contributed by atoms with E-state index < -0.39 is 27.6 Å². The highest BCUT2D eigenvalue weighted by Crippen LogP contribution is 2.26. The highest BCUT2D eigenvalue weighted by atomic mass is 32.2. The summed E-state index contributed by atoms with van der Waals surface area (Å²) < 4.78 is 54.2. The number of nitrogens with zero attached hydrogens (tertiary/aromatic N) is 2. The smallest absolute Gasteiger partial charge is 0.255 e. The molecule has 0 aliphatic carbocycles. The molecule has 1 heterocycles. The Labute approximate surface area is 193 Å². The van der Waals surface area contributed by atoms with Crippen LogP contribution in [0.5, 0.6) is 0 Å². The van der Waals surface area contributed by atoms with Gasteiger partial charge in [0.2, 0.25) is 10.0 Å². The van der Waals surface area contributed by atoms with E-state index in [1.54, 1.807) is 18.2 Å². The largest absolute Gasteiger partial charge is 0.338 e. The molecule has 4 aromatic rings. The average molecular weight is 481 g/mol. The number of aromatic amines is 1. The number of benzene rings is 3. The van der Waals surface area contributed by atoms with Gasteiger partial charge in [0.25, 0.3) is 5.91 Å². The number of carbonyl (C=O) groups is 1. The van der Waals surface area contributed by atoms with Gasteiger partial charge in [-0.1, -0.05) is 0 Å². The van der Waals surface area contributed by atoms with Gasteiger partial charge in [-0.3, -0.25) is 4.79 Å². The van der Waals surface area contributed by atoms with Crippen molar-refractivity contribution < 1.29 is 22.0 Å². The van der Waals surface area contributed by atoms with Crippen LogP contribution < -0.4 is 10.0 Å². The Morgan fingerprint density at radius 3 is 2.56 bits per heavy atom. The minimum absolute atomic E-state index is 0.00921. The summed E-state index contributed by atoms with van der Waals surface area (Å²) in [7, 11) is -3.78. The molecule has 0 spiro atoms. The lowest BCUT2D eigenvalue weighted by Gasteiger charge is -2.08. The minimum atomic E-state index is -3.78. The highest BCUT2D eigenvalue weighted by molar-refractivity contribution is 7.89. The number of amides is 1. The zero-order chi connectivity index (χ0) is 24.3. The Balaban J connectivity index is 1.51. The van der Waals surface area contributed by atoms with Gasteiger partial charge in [-0.15, -0.1) is 0 Å². The van der Waals surface area contributed by atoms with Gasteiger partial charge in [-0.2, -0.15) is 5.26 Å². The van der Waals surface area contributed by atoms with Crippen LogP contribution in [0.3, 0.4) is 0 Å². The number of hydrogen-bond donors (Lipinski definition) is 3. The van der Waals surface area contributed by atoms with E-state index in [1.807, 2.05) is 6.07 Å².